The van der Waals surface area contributed by atoms with E-state index >= 15 is 0 Å². The quantitative estimate of drug-likeness (QED) is 0.589. The molecule has 0 heterocycles. The highest BCUT2D eigenvalue weighted by Crippen LogP contribution is 2.18. The minimum Gasteiger partial charge on any atom is -0.290 e. The Morgan fingerprint density at radius 3 is 2.18 bits per heavy atom. The molecule has 0 fully saturated rings. The first-order valence-corrected chi connectivity index (χ1v) is 5.99. The second kappa shape index (κ2) is 5.26. The van der Waals surface area contributed by atoms with Gasteiger partial charge in [0.1, 0.15) is 0 Å². The summed E-state index contributed by atoms with van der Waals surface area (Å²) in [7, 11) is 0. The van der Waals surface area contributed by atoms with Gasteiger partial charge in [-0.25, -0.2) is 0 Å². The summed E-state index contributed by atoms with van der Waals surface area (Å²) >= 11 is 0. The zero-order chi connectivity index (χ0) is 13.2. The van der Waals surface area contributed by atoms with Gasteiger partial charge in [0.25, 0.3) is 0 Å². The molecule has 0 saturated carbocycles. The Morgan fingerprint density at radius 1 is 1.06 bits per heavy atom. The van der Waals surface area contributed by atoms with Crippen molar-refractivity contribution >= 4 is 11.6 Å². The molecule has 0 aromatic heterocycles. The van der Waals surface area contributed by atoms with Crippen LogP contribution in [0.1, 0.15) is 47.3 Å². The average molecular weight is 232 g/mol. The summed E-state index contributed by atoms with van der Waals surface area (Å²) in [4.78, 5) is 23.8. The molecule has 0 amide bonds. The lowest BCUT2D eigenvalue weighted by Gasteiger charge is -2.10. The molecule has 0 bridgehead atoms. The van der Waals surface area contributed by atoms with Crippen molar-refractivity contribution in [2.75, 3.05) is 0 Å². The largest absolute Gasteiger partial charge is 0.290 e. The van der Waals surface area contributed by atoms with E-state index in [9.17, 15) is 9.59 Å². The summed E-state index contributed by atoms with van der Waals surface area (Å²) in [5.74, 6) is -0.413. The second-order valence-corrected chi connectivity index (χ2v) is 5.03. The van der Waals surface area contributed by atoms with Gasteiger partial charge in [0.15, 0.2) is 0 Å². The second-order valence-electron chi connectivity index (χ2n) is 5.03. The maximum atomic E-state index is 12.0. The summed E-state index contributed by atoms with van der Waals surface area (Å²) in [5.41, 5.74) is 3.72. The smallest absolute Gasteiger partial charge is 0.228 e. The highest BCUT2D eigenvalue weighted by atomic mass is 16.2. The molecular weight excluding hydrogens is 212 g/mol. The number of aryl methyl sites for hydroxylation is 1. The molecule has 1 aromatic carbocycles. The van der Waals surface area contributed by atoms with Crippen LogP contribution in [0, 0.1) is 26.7 Å². The molecule has 0 saturated heterocycles. The fraction of sp³-hybridized carbons (Fsp3) is 0.467. The van der Waals surface area contributed by atoms with Crippen molar-refractivity contribution in [1.29, 1.82) is 0 Å². The molecule has 92 valence electrons. The summed E-state index contributed by atoms with van der Waals surface area (Å²) in [6.45, 7) is 9.77. The Morgan fingerprint density at radius 2 is 1.65 bits per heavy atom. The van der Waals surface area contributed by atoms with Gasteiger partial charge >= 0.3 is 0 Å². The molecule has 0 aliphatic rings. The molecule has 0 aliphatic heterocycles. The van der Waals surface area contributed by atoms with Crippen LogP contribution in [0.3, 0.4) is 0 Å². The van der Waals surface area contributed by atoms with Gasteiger partial charge < -0.3 is 0 Å². The monoisotopic (exact) mass is 232 g/mol. The van der Waals surface area contributed by atoms with Crippen molar-refractivity contribution in [3.8, 4) is 0 Å². The molecule has 0 N–H and O–H groups in total. The van der Waals surface area contributed by atoms with Gasteiger partial charge in [0.2, 0.25) is 11.6 Å². The molecule has 0 radical (unpaired) electrons. The van der Waals surface area contributed by atoms with Gasteiger partial charge in [0, 0.05) is 12.0 Å². The third kappa shape index (κ3) is 3.02. The lowest BCUT2D eigenvalue weighted by molar-refractivity contribution is -0.115. The van der Waals surface area contributed by atoms with E-state index in [-0.39, 0.29) is 17.5 Å². The van der Waals surface area contributed by atoms with Crippen molar-refractivity contribution < 1.29 is 9.59 Å². The van der Waals surface area contributed by atoms with E-state index in [1.54, 1.807) is 6.07 Å². The Labute approximate surface area is 103 Å². The number of Topliss-reactive ketones (excluding diaryl/α,β-unsaturated/α-hetero) is 2. The fourth-order valence-corrected chi connectivity index (χ4v) is 1.82. The third-order valence-electron chi connectivity index (χ3n) is 3.15. The van der Waals surface area contributed by atoms with Crippen LogP contribution in [-0.4, -0.2) is 11.6 Å². The minimum absolute atomic E-state index is 0.221. The Balaban J connectivity index is 3.05. The van der Waals surface area contributed by atoms with Crippen LogP contribution in [0.2, 0.25) is 0 Å². The maximum absolute atomic E-state index is 12.0. The van der Waals surface area contributed by atoms with Crippen molar-refractivity contribution in [3.63, 3.8) is 0 Å². The predicted molar refractivity (Wildman–Crippen MR) is 69.4 cm³/mol. The third-order valence-corrected chi connectivity index (χ3v) is 3.15. The highest BCUT2D eigenvalue weighted by Gasteiger charge is 2.19. The van der Waals surface area contributed by atoms with E-state index in [0.717, 1.165) is 16.7 Å². The van der Waals surface area contributed by atoms with Crippen molar-refractivity contribution in [2.24, 2.45) is 5.92 Å². The van der Waals surface area contributed by atoms with Crippen LogP contribution in [0.15, 0.2) is 12.1 Å². The van der Waals surface area contributed by atoms with Crippen molar-refractivity contribution in [3.05, 3.63) is 34.4 Å². The Kier molecular flexibility index (Phi) is 4.22. The number of ketones is 2. The summed E-state index contributed by atoms with van der Waals surface area (Å²) in [5, 5.41) is 0. The zero-order valence-corrected chi connectivity index (χ0v) is 11.3. The SMILES string of the molecule is Cc1ccc(C(=O)C(=O)CC(C)C)c(C)c1C. The first-order valence-electron chi connectivity index (χ1n) is 5.99. The van der Waals surface area contributed by atoms with Crippen LogP contribution in [0.25, 0.3) is 0 Å². The van der Waals surface area contributed by atoms with E-state index in [2.05, 4.69) is 0 Å². The van der Waals surface area contributed by atoms with Crippen LogP contribution >= 0.6 is 0 Å². The van der Waals surface area contributed by atoms with Gasteiger partial charge in [-0.05, 0) is 43.4 Å². The van der Waals surface area contributed by atoms with E-state index in [4.69, 9.17) is 0 Å². The van der Waals surface area contributed by atoms with Gasteiger partial charge in [-0.3, -0.25) is 9.59 Å². The summed E-state index contributed by atoms with van der Waals surface area (Å²) in [6.07, 6.45) is 0.325. The van der Waals surface area contributed by atoms with Gasteiger partial charge in [0.05, 0.1) is 0 Å². The lowest BCUT2D eigenvalue weighted by Crippen LogP contribution is -2.17. The van der Waals surface area contributed by atoms with Crippen LogP contribution in [0.5, 0.6) is 0 Å². The maximum Gasteiger partial charge on any atom is 0.228 e. The predicted octanol–water partition coefficient (Wildman–Crippen LogP) is 3.41. The summed E-state index contributed by atoms with van der Waals surface area (Å²) in [6, 6.07) is 3.66. The molecule has 1 aromatic rings. The number of rotatable bonds is 4. The number of benzene rings is 1. The van der Waals surface area contributed by atoms with Crippen LogP contribution in [-0.2, 0) is 4.79 Å². The van der Waals surface area contributed by atoms with E-state index in [1.165, 1.54) is 0 Å². The highest BCUT2D eigenvalue weighted by molar-refractivity contribution is 6.44. The molecule has 0 aliphatic carbocycles. The molecule has 0 atom stereocenters. The first kappa shape index (κ1) is 13.6. The molecule has 0 unspecified atom stereocenters. The molecule has 1 rings (SSSR count). The van der Waals surface area contributed by atoms with Crippen LogP contribution in [0.4, 0.5) is 0 Å². The number of hydrogen-bond acceptors (Lipinski definition) is 2. The number of carbonyl (C=O) groups excluding carboxylic acids is 2. The topological polar surface area (TPSA) is 34.1 Å². The lowest BCUT2D eigenvalue weighted by atomic mass is 9.93. The standard InChI is InChI=1S/C15H20O2/c1-9(2)8-14(16)15(17)13-7-6-10(3)11(4)12(13)5/h6-7,9H,8H2,1-5H3. The van der Waals surface area contributed by atoms with E-state index < -0.39 is 0 Å². The van der Waals surface area contributed by atoms with E-state index in [0.29, 0.717) is 12.0 Å². The van der Waals surface area contributed by atoms with Gasteiger partial charge in [-0.2, -0.15) is 0 Å². The number of hydrogen-bond donors (Lipinski definition) is 0. The minimum atomic E-state index is -0.348. The first-order chi connectivity index (χ1) is 7.84. The molecule has 2 nitrogen and oxygen atoms in total. The molecule has 17 heavy (non-hydrogen) atoms. The molecule has 0 spiro atoms. The normalized spacial score (nSPS) is 10.7. The van der Waals surface area contributed by atoms with Gasteiger partial charge in [-0.1, -0.05) is 26.0 Å². The average Bonchev–Trinajstić information content (AvgIpc) is 2.24. The zero-order valence-electron chi connectivity index (χ0n) is 11.3. The van der Waals surface area contributed by atoms with Gasteiger partial charge in [-0.15, -0.1) is 0 Å². The fourth-order valence-electron chi connectivity index (χ4n) is 1.82. The molecular formula is C15H20O2. The van der Waals surface area contributed by atoms with Crippen LogP contribution < -0.4 is 0 Å². The molecule has 2 heteroatoms. The van der Waals surface area contributed by atoms with Crippen molar-refractivity contribution in [1.82, 2.24) is 0 Å². The Hall–Kier alpha value is -1.44. The Bertz CT molecular complexity index is 456. The van der Waals surface area contributed by atoms with Crippen molar-refractivity contribution in [2.45, 2.75) is 41.0 Å². The summed E-state index contributed by atoms with van der Waals surface area (Å²) < 4.78 is 0. The number of carbonyl (C=O) groups is 2. The van der Waals surface area contributed by atoms with E-state index in [1.807, 2.05) is 40.7 Å².